The van der Waals surface area contributed by atoms with Gasteiger partial charge in [-0.3, -0.25) is 4.79 Å². The van der Waals surface area contributed by atoms with Crippen LogP contribution in [-0.4, -0.2) is 12.5 Å². The molecule has 0 fully saturated rings. The van der Waals surface area contributed by atoms with E-state index in [1.165, 1.54) is 5.56 Å². The Morgan fingerprint density at radius 1 is 1.05 bits per heavy atom. The van der Waals surface area contributed by atoms with E-state index in [9.17, 15) is 4.79 Å². The molecule has 2 rings (SSSR count). The van der Waals surface area contributed by atoms with Gasteiger partial charge in [0.05, 0.1) is 0 Å². The van der Waals surface area contributed by atoms with E-state index in [4.69, 9.17) is 4.74 Å². The molecular weight excluding hydrogens is 238 g/mol. The van der Waals surface area contributed by atoms with Crippen LogP contribution in [0.25, 0.3) is 0 Å². The zero-order valence-corrected chi connectivity index (χ0v) is 11.1. The van der Waals surface area contributed by atoms with Gasteiger partial charge in [0.1, 0.15) is 5.75 Å². The number of amides is 1. The second-order valence-corrected chi connectivity index (χ2v) is 4.45. The van der Waals surface area contributed by atoms with Crippen LogP contribution >= 0.6 is 0 Å². The van der Waals surface area contributed by atoms with Crippen LogP contribution in [0.1, 0.15) is 11.1 Å². The molecule has 0 saturated heterocycles. The maximum atomic E-state index is 11.7. The standard InChI is InChI=1S/C16H17NO2/c1-12-8-9-14(10-13(12)2)17-16(18)11-19-15-6-4-3-5-7-15/h3-10H,11H2,1-2H3,(H,17,18). The van der Waals surface area contributed by atoms with Crippen LogP contribution in [0.3, 0.4) is 0 Å². The zero-order chi connectivity index (χ0) is 13.7. The number of rotatable bonds is 4. The van der Waals surface area contributed by atoms with E-state index in [1.54, 1.807) is 0 Å². The molecule has 0 saturated carbocycles. The Balaban J connectivity index is 1.89. The van der Waals surface area contributed by atoms with Gasteiger partial charge in [-0.1, -0.05) is 24.3 Å². The van der Waals surface area contributed by atoms with Gasteiger partial charge in [-0.05, 0) is 49.2 Å². The summed E-state index contributed by atoms with van der Waals surface area (Å²) < 4.78 is 5.38. The molecule has 19 heavy (non-hydrogen) atoms. The van der Waals surface area contributed by atoms with E-state index < -0.39 is 0 Å². The summed E-state index contributed by atoms with van der Waals surface area (Å²) in [4.78, 5) is 11.7. The lowest BCUT2D eigenvalue weighted by atomic mass is 10.1. The molecule has 1 amide bonds. The van der Waals surface area contributed by atoms with E-state index in [2.05, 4.69) is 5.32 Å². The summed E-state index contributed by atoms with van der Waals surface area (Å²) >= 11 is 0. The van der Waals surface area contributed by atoms with E-state index >= 15 is 0 Å². The van der Waals surface area contributed by atoms with Crippen LogP contribution in [0.15, 0.2) is 48.5 Å². The maximum Gasteiger partial charge on any atom is 0.262 e. The summed E-state index contributed by atoms with van der Waals surface area (Å²) in [5.74, 6) is 0.532. The predicted molar refractivity (Wildman–Crippen MR) is 76.5 cm³/mol. The SMILES string of the molecule is Cc1ccc(NC(=O)COc2ccccc2)cc1C. The van der Waals surface area contributed by atoms with Crippen molar-refractivity contribution in [2.45, 2.75) is 13.8 Å². The smallest absolute Gasteiger partial charge is 0.262 e. The summed E-state index contributed by atoms with van der Waals surface area (Å²) in [7, 11) is 0. The number of hydrogen-bond donors (Lipinski definition) is 1. The number of hydrogen-bond acceptors (Lipinski definition) is 2. The van der Waals surface area contributed by atoms with E-state index in [0.29, 0.717) is 5.75 Å². The van der Waals surface area contributed by atoms with Crippen molar-refractivity contribution in [3.63, 3.8) is 0 Å². The third kappa shape index (κ3) is 3.85. The Kier molecular flexibility index (Phi) is 4.18. The first kappa shape index (κ1) is 13.1. The molecule has 0 aliphatic heterocycles. The molecule has 0 radical (unpaired) electrons. The summed E-state index contributed by atoms with van der Waals surface area (Å²) in [6.07, 6.45) is 0. The fraction of sp³-hybridized carbons (Fsp3) is 0.188. The third-order valence-corrected chi connectivity index (χ3v) is 2.90. The normalized spacial score (nSPS) is 10.0. The Labute approximate surface area is 113 Å². The summed E-state index contributed by atoms with van der Waals surface area (Å²) in [6, 6.07) is 15.1. The lowest BCUT2D eigenvalue weighted by Gasteiger charge is -2.09. The van der Waals surface area contributed by atoms with Crippen molar-refractivity contribution < 1.29 is 9.53 Å². The fourth-order valence-electron chi connectivity index (χ4n) is 1.68. The van der Waals surface area contributed by atoms with Crippen molar-refractivity contribution in [1.29, 1.82) is 0 Å². The van der Waals surface area contributed by atoms with Crippen molar-refractivity contribution >= 4 is 11.6 Å². The Morgan fingerprint density at radius 3 is 2.47 bits per heavy atom. The first-order chi connectivity index (χ1) is 9.15. The average Bonchev–Trinajstić information content (AvgIpc) is 2.42. The first-order valence-corrected chi connectivity index (χ1v) is 6.20. The molecule has 0 aliphatic carbocycles. The van der Waals surface area contributed by atoms with Gasteiger partial charge in [0.2, 0.25) is 0 Å². The number of para-hydroxylation sites is 1. The highest BCUT2D eigenvalue weighted by molar-refractivity contribution is 5.92. The number of aryl methyl sites for hydroxylation is 2. The zero-order valence-electron chi connectivity index (χ0n) is 11.1. The minimum atomic E-state index is -0.160. The van der Waals surface area contributed by atoms with Crippen molar-refractivity contribution in [2.75, 3.05) is 11.9 Å². The number of anilines is 1. The molecule has 0 unspecified atom stereocenters. The lowest BCUT2D eigenvalue weighted by molar-refractivity contribution is -0.118. The van der Waals surface area contributed by atoms with E-state index in [0.717, 1.165) is 11.3 Å². The monoisotopic (exact) mass is 255 g/mol. The van der Waals surface area contributed by atoms with Gasteiger partial charge in [0.25, 0.3) is 5.91 Å². The maximum absolute atomic E-state index is 11.7. The van der Waals surface area contributed by atoms with E-state index in [-0.39, 0.29) is 12.5 Å². The summed E-state index contributed by atoms with van der Waals surface area (Å²) in [6.45, 7) is 4.07. The van der Waals surface area contributed by atoms with Crippen LogP contribution in [-0.2, 0) is 4.79 Å². The Morgan fingerprint density at radius 2 is 1.79 bits per heavy atom. The molecule has 0 aromatic heterocycles. The van der Waals surface area contributed by atoms with Gasteiger partial charge in [0, 0.05) is 5.69 Å². The first-order valence-electron chi connectivity index (χ1n) is 6.20. The number of nitrogens with one attached hydrogen (secondary N) is 1. The van der Waals surface area contributed by atoms with E-state index in [1.807, 2.05) is 62.4 Å². The Bertz CT molecular complexity index is 564. The molecule has 2 aromatic rings. The van der Waals surface area contributed by atoms with Crippen molar-refractivity contribution in [3.05, 3.63) is 59.7 Å². The lowest BCUT2D eigenvalue weighted by Crippen LogP contribution is -2.20. The second-order valence-electron chi connectivity index (χ2n) is 4.45. The quantitative estimate of drug-likeness (QED) is 0.910. The van der Waals surface area contributed by atoms with Crippen LogP contribution in [0.4, 0.5) is 5.69 Å². The molecule has 3 nitrogen and oxygen atoms in total. The van der Waals surface area contributed by atoms with Crippen molar-refractivity contribution in [2.24, 2.45) is 0 Å². The highest BCUT2D eigenvalue weighted by Crippen LogP contribution is 2.14. The predicted octanol–water partition coefficient (Wildman–Crippen LogP) is 3.32. The average molecular weight is 255 g/mol. The Hall–Kier alpha value is -2.29. The fourth-order valence-corrected chi connectivity index (χ4v) is 1.68. The van der Waals surface area contributed by atoms with Crippen LogP contribution in [0.2, 0.25) is 0 Å². The van der Waals surface area contributed by atoms with Crippen molar-refractivity contribution in [3.8, 4) is 5.75 Å². The molecule has 0 heterocycles. The minimum absolute atomic E-state index is 0.0109. The number of benzene rings is 2. The highest BCUT2D eigenvalue weighted by Gasteiger charge is 2.04. The second kappa shape index (κ2) is 6.05. The van der Waals surface area contributed by atoms with Crippen molar-refractivity contribution in [1.82, 2.24) is 0 Å². The van der Waals surface area contributed by atoms with Crippen LogP contribution in [0.5, 0.6) is 5.75 Å². The largest absolute Gasteiger partial charge is 0.484 e. The third-order valence-electron chi connectivity index (χ3n) is 2.90. The van der Waals surface area contributed by atoms with Crippen LogP contribution in [0, 0.1) is 13.8 Å². The van der Waals surface area contributed by atoms with Gasteiger partial charge >= 0.3 is 0 Å². The molecule has 1 N–H and O–H groups in total. The highest BCUT2D eigenvalue weighted by atomic mass is 16.5. The van der Waals surface area contributed by atoms with Crippen LogP contribution < -0.4 is 10.1 Å². The topological polar surface area (TPSA) is 38.3 Å². The van der Waals surface area contributed by atoms with Gasteiger partial charge in [-0.25, -0.2) is 0 Å². The summed E-state index contributed by atoms with van der Waals surface area (Å²) in [5, 5.41) is 2.82. The molecule has 0 bridgehead atoms. The van der Waals surface area contributed by atoms with Gasteiger partial charge < -0.3 is 10.1 Å². The molecule has 2 aromatic carbocycles. The van der Waals surface area contributed by atoms with Gasteiger partial charge in [0.15, 0.2) is 6.61 Å². The van der Waals surface area contributed by atoms with Gasteiger partial charge in [-0.2, -0.15) is 0 Å². The number of carbonyl (C=O) groups is 1. The number of carbonyl (C=O) groups excluding carboxylic acids is 1. The molecule has 3 heteroatoms. The van der Waals surface area contributed by atoms with Gasteiger partial charge in [-0.15, -0.1) is 0 Å². The minimum Gasteiger partial charge on any atom is -0.484 e. The molecular formula is C16H17NO2. The number of ether oxygens (including phenoxy) is 1. The summed E-state index contributed by atoms with van der Waals surface area (Å²) in [5.41, 5.74) is 3.16. The molecule has 98 valence electrons. The molecule has 0 atom stereocenters. The molecule has 0 aliphatic rings. The molecule has 0 spiro atoms.